The average molecular weight is 593 g/mol. The highest BCUT2D eigenvalue weighted by molar-refractivity contribution is 6.32. The summed E-state index contributed by atoms with van der Waals surface area (Å²) in [6.07, 6.45) is 0.167. The van der Waals surface area contributed by atoms with E-state index in [0.29, 0.717) is 22.4 Å². The summed E-state index contributed by atoms with van der Waals surface area (Å²) in [7, 11) is 6.67. The first-order chi connectivity index (χ1) is 20.2. The Labute approximate surface area is 248 Å². The predicted octanol–water partition coefficient (Wildman–Crippen LogP) is -0.0716. The maximum atomic E-state index is 14.1. The van der Waals surface area contributed by atoms with Crippen LogP contribution in [0.5, 0.6) is 11.5 Å². The van der Waals surface area contributed by atoms with Crippen LogP contribution in [0.1, 0.15) is 33.5 Å². The van der Waals surface area contributed by atoms with Gasteiger partial charge in [0.2, 0.25) is 5.91 Å². The lowest BCUT2D eigenvalue weighted by molar-refractivity contribution is -0.181. The first-order valence-corrected chi connectivity index (χ1v) is 14.1. The Morgan fingerprint density at radius 1 is 1.02 bits per heavy atom. The standard InChI is InChI=1S/C31H36N4O8/c1-34(2)19-11-16(13-33-12-14-7-5-6-8-20(14)36)25(37)22-17(19)9-15-10-18-24(35(3)4)27(39)23(30(32)42)29(41)31(18,43)28(40)21(15)26(22)38/h5-8,11,15,18,21,23-24,33,36-37,43H,9-10,12-13H2,1-4H3,(H2,32,42)/t15-,18-,21?,23?,24?,31-/m0/s1. The number of nitrogens with zero attached hydrogens (tertiary/aromatic N) is 2. The average Bonchev–Trinajstić information content (AvgIpc) is 2.92. The number of rotatable bonds is 7. The SMILES string of the molecule is CN(C)c1cc(CNCc2ccccc2O)c(O)c2c1C[C@H]1C[C@H]3C(N(C)C)C(=O)C(C(N)=O)C(=O)[C@@]3(O)C(=O)C1C2=O. The molecule has 0 saturated heterocycles. The number of carbonyl (C=O) groups excluding carboxylic acids is 5. The highest BCUT2D eigenvalue weighted by Crippen LogP contribution is 2.52. The molecular weight excluding hydrogens is 556 g/mol. The molecule has 0 aliphatic heterocycles. The van der Waals surface area contributed by atoms with E-state index in [9.17, 15) is 39.3 Å². The molecule has 3 aliphatic rings. The fraction of sp³-hybridized carbons (Fsp3) is 0.452. The van der Waals surface area contributed by atoms with Gasteiger partial charge < -0.3 is 31.3 Å². The second-order valence-corrected chi connectivity index (χ2v) is 12.2. The number of anilines is 1. The van der Waals surface area contributed by atoms with Crippen molar-refractivity contribution in [3.63, 3.8) is 0 Å². The Morgan fingerprint density at radius 2 is 1.67 bits per heavy atom. The van der Waals surface area contributed by atoms with Gasteiger partial charge in [0.15, 0.2) is 34.7 Å². The number of fused-ring (bicyclic) bond motifs is 3. The van der Waals surface area contributed by atoms with E-state index in [1.54, 1.807) is 63.4 Å². The van der Waals surface area contributed by atoms with E-state index in [-0.39, 0.29) is 43.0 Å². The van der Waals surface area contributed by atoms with Crippen molar-refractivity contribution in [2.75, 3.05) is 33.1 Å². The number of benzene rings is 2. The minimum atomic E-state index is -2.77. The summed E-state index contributed by atoms with van der Waals surface area (Å²) in [5.74, 6) is -10.7. The van der Waals surface area contributed by atoms with Gasteiger partial charge in [-0.15, -0.1) is 0 Å². The molecule has 12 nitrogen and oxygen atoms in total. The Morgan fingerprint density at radius 3 is 2.28 bits per heavy atom. The molecule has 2 saturated carbocycles. The van der Waals surface area contributed by atoms with Gasteiger partial charge in [-0.25, -0.2) is 0 Å². The molecule has 6 atom stereocenters. The number of likely N-dealkylation sites (N-methyl/N-ethyl adjacent to an activating group) is 1. The Hall–Kier alpha value is -4.13. The molecule has 6 N–H and O–H groups in total. The molecule has 3 aliphatic carbocycles. The van der Waals surface area contributed by atoms with Gasteiger partial charge in [-0.2, -0.15) is 0 Å². The number of hydrogen-bond acceptors (Lipinski definition) is 11. The van der Waals surface area contributed by atoms with E-state index in [4.69, 9.17) is 5.73 Å². The van der Waals surface area contributed by atoms with Gasteiger partial charge in [-0.05, 0) is 50.6 Å². The summed E-state index contributed by atoms with van der Waals surface area (Å²) in [5.41, 5.74) is 4.76. The van der Waals surface area contributed by atoms with E-state index >= 15 is 0 Å². The van der Waals surface area contributed by atoms with Crippen molar-refractivity contribution in [3.05, 3.63) is 52.6 Å². The first-order valence-electron chi connectivity index (χ1n) is 14.1. The summed E-state index contributed by atoms with van der Waals surface area (Å²) in [5, 5.41) is 36.4. The van der Waals surface area contributed by atoms with Gasteiger partial charge in [0.05, 0.1) is 17.5 Å². The van der Waals surface area contributed by atoms with E-state index in [1.165, 1.54) is 4.90 Å². The second-order valence-electron chi connectivity index (χ2n) is 12.2. The minimum absolute atomic E-state index is 0.0125. The smallest absolute Gasteiger partial charge is 0.235 e. The summed E-state index contributed by atoms with van der Waals surface area (Å²) < 4.78 is 0. The minimum Gasteiger partial charge on any atom is -0.508 e. The molecule has 0 bridgehead atoms. The van der Waals surface area contributed by atoms with E-state index in [0.717, 1.165) is 0 Å². The molecule has 2 aromatic rings. The van der Waals surface area contributed by atoms with E-state index in [1.807, 2.05) is 0 Å². The fourth-order valence-electron chi connectivity index (χ4n) is 7.23. The molecule has 2 fully saturated rings. The number of para-hydroxylation sites is 1. The quantitative estimate of drug-likeness (QED) is 0.271. The number of Topliss-reactive ketones (excluding diaryl/α,β-unsaturated/α-hetero) is 4. The van der Waals surface area contributed by atoms with Gasteiger partial charge in [-0.3, -0.25) is 28.9 Å². The molecular formula is C31H36N4O8. The van der Waals surface area contributed by atoms with Crippen LogP contribution in [0, 0.1) is 23.7 Å². The Kier molecular flexibility index (Phi) is 7.66. The number of amides is 1. The zero-order valence-corrected chi connectivity index (χ0v) is 24.5. The number of carbonyl (C=O) groups is 5. The largest absolute Gasteiger partial charge is 0.508 e. The van der Waals surface area contributed by atoms with Crippen LogP contribution >= 0.6 is 0 Å². The molecule has 3 unspecified atom stereocenters. The number of nitrogens with one attached hydrogen (secondary N) is 1. The van der Waals surface area contributed by atoms with Crippen LogP contribution < -0.4 is 16.0 Å². The second kappa shape index (κ2) is 10.9. The van der Waals surface area contributed by atoms with E-state index < -0.39 is 64.4 Å². The van der Waals surface area contributed by atoms with Gasteiger partial charge in [-0.1, -0.05) is 18.2 Å². The molecule has 0 radical (unpaired) electrons. The number of aromatic hydroxyl groups is 2. The molecule has 43 heavy (non-hydrogen) atoms. The van der Waals surface area contributed by atoms with Crippen LogP contribution in [0.15, 0.2) is 30.3 Å². The number of primary amides is 1. The van der Waals surface area contributed by atoms with Crippen LogP contribution in [0.25, 0.3) is 0 Å². The number of aliphatic hydroxyl groups is 1. The van der Waals surface area contributed by atoms with Gasteiger partial charge in [0, 0.05) is 49.9 Å². The monoisotopic (exact) mass is 592 g/mol. The molecule has 12 heteroatoms. The highest BCUT2D eigenvalue weighted by atomic mass is 16.3. The van der Waals surface area contributed by atoms with Crippen molar-refractivity contribution < 1.29 is 39.3 Å². The zero-order chi connectivity index (χ0) is 31.5. The third-order valence-corrected chi connectivity index (χ3v) is 9.22. The van der Waals surface area contributed by atoms with Gasteiger partial charge >= 0.3 is 0 Å². The molecule has 1 amide bonds. The number of phenols is 2. The topological polar surface area (TPSA) is 191 Å². The van der Waals surface area contributed by atoms with Crippen molar-refractivity contribution >= 4 is 34.7 Å². The van der Waals surface area contributed by atoms with Crippen LogP contribution in [0.3, 0.4) is 0 Å². The number of ketones is 4. The summed E-state index contributed by atoms with van der Waals surface area (Å²) in [4.78, 5) is 70.3. The molecule has 5 rings (SSSR count). The number of nitrogens with two attached hydrogens (primary N) is 1. The number of hydrogen-bond donors (Lipinski definition) is 5. The normalized spacial score (nSPS) is 28.4. The van der Waals surface area contributed by atoms with Crippen LogP contribution in [-0.2, 0) is 38.7 Å². The predicted molar refractivity (Wildman–Crippen MR) is 154 cm³/mol. The van der Waals surface area contributed by atoms with Crippen molar-refractivity contribution in [1.82, 2.24) is 10.2 Å². The molecule has 2 aromatic carbocycles. The maximum absolute atomic E-state index is 14.1. The zero-order valence-electron chi connectivity index (χ0n) is 24.5. The van der Waals surface area contributed by atoms with Crippen molar-refractivity contribution in [3.8, 4) is 11.5 Å². The highest BCUT2D eigenvalue weighted by Gasteiger charge is 2.69. The summed E-state index contributed by atoms with van der Waals surface area (Å²) in [6, 6.07) is 7.40. The van der Waals surface area contributed by atoms with Gasteiger partial charge in [0.25, 0.3) is 0 Å². The molecule has 0 spiro atoms. The third kappa shape index (κ3) is 4.60. The van der Waals surface area contributed by atoms with Crippen LogP contribution in [0.4, 0.5) is 5.69 Å². The molecule has 0 heterocycles. The molecule has 228 valence electrons. The Balaban J connectivity index is 1.55. The fourth-order valence-corrected chi connectivity index (χ4v) is 7.23. The Bertz CT molecular complexity index is 1550. The third-order valence-electron chi connectivity index (χ3n) is 9.22. The van der Waals surface area contributed by atoms with Crippen LogP contribution in [0.2, 0.25) is 0 Å². The number of phenolic OH excluding ortho intramolecular Hbond substituents is 2. The summed E-state index contributed by atoms with van der Waals surface area (Å²) in [6.45, 7) is 0.405. The van der Waals surface area contributed by atoms with Crippen LogP contribution in [-0.4, -0.2) is 89.1 Å². The van der Waals surface area contributed by atoms with Crippen molar-refractivity contribution in [2.45, 2.75) is 37.6 Å². The first kappa shape index (κ1) is 30.3. The lowest BCUT2D eigenvalue weighted by atomic mass is 9.52. The van der Waals surface area contributed by atoms with Crippen molar-refractivity contribution in [2.24, 2.45) is 29.4 Å². The van der Waals surface area contributed by atoms with Crippen molar-refractivity contribution in [1.29, 1.82) is 0 Å². The molecule has 0 aromatic heterocycles. The lowest BCUT2D eigenvalue weighted by Gasteiger charge is -2.52. The van der Waals surface area contributed by atoms with Gasteiger partial charge in [0.1, 0.15) is 11.5 Å². The maximum Gasteiger partial charge on any atom is 0.235 e. The lowest BCUT2D eigenvalue weighted by Crippen LogP contribution is -2.74. The van der Waals surface area contributed by atoms with E-state index in [2.05, 4.69) is 5.32 Å². The summed E-state index contributed by atoms with van der Waals surface area (Å²) >= 11 is 0.